The molecule has 3 heteroatoms. The molecule has 0 aliphatic heterocycles. The molecular weight excluding hydrogens is 188 g/mol. The van der Waals surface area contributed by atoms with E-state index in [0.29, 0.717) is 6.04 Å². The van der Waals surface area contributed by atoms with Gasteiger partial charge < -0.3 is 10.6 Å². The maximum Gasteiger partial charge on any atom is 0.242 e. The molecule has 0 aromatic heterocycles. The fourth-order valence-corrected chi connectivity index (χ4v) is 2.62. The Hall–Kier alpha value is -0.570. The molecule has 2 aliphatic carbocycles. The Labute approximate surface area is 92.0 Å². The first-order valence-corrected chi connectivity index (χ1v) is 6.09. The van der Waals surface area contributed by atoms with Crippen LogP contribution < -0.4 is 5.73 Å². The van der Waals surface area contributed by atoms with Crippen LogP contribution in [0.25, 0.3) is 0 Å². The summed E-state index contributed by atoms with van der Waals surface area (Å²) >= 11 is 0. The summed E-state index contributed by atoms with van der Waals surface area (Å²) in [5.74, 6) is 0.925. The van der Waals surface area contributed by atoms with Gasteiger partial charge in [-0.05, 0) is 31.6 Å². The molecule has 3 nitrogen and oxygen atoms in total. The third-order valence-electron chi connectivity index (χ3n) is 3.99. The molecule has 0 spiro atoms. The minimum atomic E-state index is -0.491. The van der Waals surface area contributed by atoms with Crippen molar-refractivity contribution in [3.63, 3.8) is 0 Å². The number of nitrogens with two attached hydrogens (primary N) is 1. The van der Waals surface area contributed by atoms with Crippen LogP contribution in [0.2, 0.25) is 0 Å². The molecule has 2 saturated carbocycles. The quantitative estimate of drug-likeness (QED) is 0.751. The van der Waals surface area contributed by atoms with Gasteiger partial charge in [0.15, 0.2) is 0 Å². The summed E-state index contributed by atoms with van der Waals surface area (Å²) in [6.07, 6.45) is 6.62. The monoisotopic (exact) mass is 210 g/mol. The fourth-order valence-electron chi connectivity index (χ4n) is 2.62. The molecule has 0 aromatic rings. The van der Waals surface area contributed by atoms with E-state index in [1.807, 2.05) is 11.9 Å². The van der Waals surface area contributed by atoms with Crippen LogP contribution in [-0.2, 0) is 4.79 Å². The van der Waals surface area contributed by atoms with Crippen molar-refractivity contribution < 1.29 is 4.79 Å². The lowest BCUT2D eigenvalue weighted by atomic mass is 9.86. The third-order valence-corrected chi connectivity index (χ3v) is 3.99. The SMILES string of the molecule is CC1CCCC(N(C)C(=O)C2(N)CC2)C1. The van der Waals surface area contributed by atoms with Crippen LogP contribution in [-0.4, -0.2) is 29.4 Å². The van der Waals surface area contributed by atoms with E-state index < -0.39 is 5.54 Å². The smallest absolute Gasteiger partial charge is 0.242 e. The summed E-state index contributed by atoms with van der Waals surface area (Å²) in [6, 6.07) is 0.433. The molecule has 1 amide bonds. The minimum Gasteiger partial charge on any atom is -0.341 e. The number of rotatable bonds is 2. The first-order valence-electron chi connectivity index (χ1n) is 6.09. The van der Waals surface area contributed by atoms with Gasteiger partial charge >= 0.3 is 0 Å². The van der Waals surface area contributed by atoms with Crippen molar-refractivity contribution in [1.29, 1.82) is 0 Å². The Morgan fingerprint density at radius 3 is 2.60 bits per heavy atom. The van der Waals surface area contributed by atoms with E-state index in [1.165, 1.54) is 12.8 Å². The number of hydrogen-bond acceptors (Lipinski definition) is 2. The van der Waals surface area contributed by atoms with Crippen LogP contribution in [0.15, 0.2) is 0 Å². The molecule has 0 bridgehead atoms. The lowest BCUT2D eigenvalue weighted by Crippen LogP contribution is -2.49. The molecule has 2 aliphatic rings. The highest BCUT2D eigenvalue weighted by Crippen LogP contribution is 2.36. The van der Waals surface area contributed by atoms with Gasteiger partial charge in [-0.25, -0.2) is 0 Å². The van der Waals surface area contributed by atoms with E-state index in [0.717, 1.165) is 31.6 Å². The van der Waals surface area contributed by atoms with Crippen LogP contribution in [0.5, 0.6) is 0 Å². The Morgan fingerprint density at radius 1 is 1.40 bits per heavy atom. The zero-order valence-electron chi connectivity index (χ0n) is 9.83. The Balaban J connectivity index is 1.94. The first-order chi connectivity index (χ1) is 7.03. The molecule has 0 heterocycles. The summed E-state index contributed by atoms with van der Waals surface area (Å²) in [6.45, 7) is 2.28. The van der Waals surface area contributed by atoms with Gasteiger partial charge in [0.05, 0.1) is 5.54 Å². The highest BCUT2D eigenvalue weighted by molar-refractivity contribution is 5.89. The van der Waals surface area contributed by atoms with Gasteiger partial charge in [-0.1, -0.05) is 19.8 Å². The van der Waals surface area contributed by atoms with Gasteiger partial charge in [0, 0.05) is 13.1 Å². The topological polar surface area (TPSA) is 46.3 Å². The average Bonchev–Trinajstić information content (AvgIpc) is 2.96. The molecule has 2 fully saturated rings. The molecule has 0 radical (unpaired) electrons. The summed E-state index contributed by atoms with van der Waals surface area (Å²) < 4.78 is 0. The van der Waals surface area contributed by atoms with E-state index in [4.69, 9.17) is 5.73 Å². The van der Waals surface area contributed by atoms with Crippen molar-refractivity contribution >= 4 is 5.91 Å². The van der Waals surface area contributed by atoms with Crippen molar-refractivity contribution in [2.75, 3.05) is 7.05 Å². The van der Waals surface area contributed by atoms with Gasteiger partial charge in [0.2, 0.25) is 5.91 Å². The lowest BCUT2D eigenvalue weighted by molar-refractivity contribution is -0.135. The summed E-state index contributed by atoms with van der Waals surface area (Å²) in [5.41, 5.74) is 5.45. The second kappa shape index (κ2) is 3.78. The molecule has 86 valence electrons. The van der Waals surface area contributed by atoms with Crippen molar-refractivity contribution in [3.05, 3.63) is 0 Å². The standard InChI is InChI=1S/C12H22N2O/c1-9-4-3-5-10(8-9)14(2)11(15)12(13)6-7-12/h9-10H,3-8,13H2,1-2H3. The number of carbonyl (C=O) groups excluding carboxylic acids is 1. The highest BCUT2D eigenvalue weighted by atomic mass is 16.2. The summed E-state index contributed by atoms with van der Waals surface area (Å²) in [5, 5.41) is 0. The second-order valence-corrected chi connectivity index (χ2v) is 5.50. The number of carbonyl (C=O) groups is 1. The molecule has 2 atom stereocenters. The van der Waals surface area contributed by atoms with E-state index in [1.54, 1.807) is 0 Å². The van der Waals surface area contributed by atoms with E-state index in [2.05, 4.69) is 6.92 Å². The third kappa shape index (κ3) is 2.17. The van der Waals surface area contributed by atoms with Crippen LogP contribution in [0.3, 0.4) is 0 Å². The van der Waals surface area contributed by atoms with E-state index in [9.17, 15) is 4.79 Å². The van der Waals surface area contributed by atoms with Crippen molar-refractivity contribution in [3.8, 4) is 0 Å². The van der Waals surface area contributed by atoms with Gasteiger partial charge in [-0.15, -0.1) is 0 Å². The van der Waals surface area contributed by atoms with Crippen molar-refractivity contribution in [1.82, 2.24) is 4.90 Å². The van der Waals surface area contributed by atoms with Gasteiger partial charge in [-0.3, -0.25) is 4.79 Å². The predicted octanol–water partition coefficient (Wildman–Crippen LogP) is 1.51. The Bertz CT molecular complexity index is 260. The average molecular weight is 210 g/mol. The molecule has 15 heavy (non-hydrogen) atoms. The number of nitrogens with zero attached hydrogens (tertiary/aromatic N) is 1. The Morgan fingerprint density at radius 2 is 2.07 bits per heavy atom. The molecule has 0 aromatic carbocycles. The molecule has 2 N–H and O–H groups in total. The van der Waals surface area contributed by atoms with Crippen LogP contribution in [0.4, 0.5) is 0 Å². The molecular formula is C12H22N2O. The van der Waals surface area contributed by atoms with E-state index in [-0.39, 0.29) is 5.91 Å². The Kier molecular flexibility index (Phi) is 2.75. The normalized spacial score (nSPS) is 33.5. The second-order valence-electron chi connectivity index (χ2n) is 5.50. The van der Waals surface area contributed by atoms with Gasteiger partial charge in [0.1, 0.15) is 0 Å². The molecule has 2 rings (SSSR count). The van der Waals surface area contributed by atoms with Gasteiger partial charge in [-0.2, -0.15) is 0 Å². The van der Waals surface area contributed by atoms with Gasteiger partial charge in [0.25, 0.3) is 0 Å². The van der Waals surface area contributed by atoms with Crippen LogP contribution in [0.1, 0.15) is 45.4 Å². The summed E-state index contributed by atoms with van der Waals surface area (Å²) in [7, 11) is 1.93. The summed E-state index contributed by atoms with van der Waals surface area (Å²) in [4.78, 5) is 14.0. The van der Waals surface area contributed by atoms with Crippen LogP contribution >= 0.6 is 0 Å². The predicted molar refractivity (Wildman–Crippen MR) is 60.3 cm³/mol. The fraction of sp³-hybridized carbons (Fsp3) is 0.917. The van der Waals surface area contributed by atoms with Crippen molar-refractivity contribution in [2.24, 2.45) is 11.7 Å². The largest absolute Gasteiger partial charge is 0.341 e. The highest BCUT2D eigenvalue weighted by Gasteiger charge is 2.48. The minimum absolute atomic E-state index is 0.168. The zero-order chi connectivity index (χ0) is 11.1. The molecule has 2 unspecified atom stereocenters. The van der Waals surface area contributed by atoms with Crippen molar-refractivity contribution in [2.45, 2.75) is 57.0 Å². The first kappa shape index (κ1) is 10.9. The maximum atomic E-state index is 12.0. The lowest BCUT2D eigenvalue weighted by Gasteiger charge is -2.35. The number of hydrogen-bond donors (Lipinski definition) is 1. The van der Waals surface area contributed by atoms with E-state index >= 15 is 0 Å². The zero-order valence-corrected chi connectivity index (χ0v) is 9.83. The molecule has 0 saturated heterocycles. The number of likely N-dealkylation sites (N-methyl/N-ethyl adjacent to an activating group) is 1. The van der Waals surface area contributed by atoms with Crippen LogP contribution in [0, 0.1) is 5.92 Å². The maximum absolute atomic E-state index is 12.0. The number of amides is 1.